The maximum atomic E-state index is 11.4. The van der Waals surface area contributed by atoms with Crippen molar-refractivity contribution in [1.29, 1.82) is 5.26 Å². The van der Waals surface area contributed by atoms with E-state index in [0.717, 1.165) is 14.5 Å². The standard InChI is InChI=1S/C8H11N3O2S3/c1-11(4-2-3-9)8(12)13-10-7-15-5-14-6-16-7/h2,4-6H2,1H3. The van der Waals surface area contributed by atoms with Crippen LogP contribution in [0.4, 0.5) is 4.79 Å². The molecular weight excluding hydrogens is 266 g/mol. The van der Waals surface area contributed by atoms with Crippen molar-refractivity contribution in [1.82, 2.24) is 4.90 Å². The molecule has 5 nitrogen and oxygen atoms in total. The van der Waals surface area contributed by atoms with E-state index in [-0.39, 0.29) is 0 Å². The quantitative estimate of drug-likeness (QED) is 0.583. The molecule has 0 aliphatic carbocycles. The van der Waals surface area contributed by atoms with Crippen molar-refractivity contribution in [3.8, 4) is 6.07 Å². The van der Waals surface area contributed by atoms with Crippen LogP contribution in [0, 0.1) is 11.3 Å². The van der Waals surface area contributed by atoms with Gasteiger partial charge in [-0.1, -0.05) is 28.7 Å². The molecule has 1 aliphatic heterocycles. The average molecular weight is 277 g/mol. The number of nitriles is 1. The number of thioether (sulfide) groups is 3. The molecule has 1 rings (SSSR count). The average Bonchev–Trinajstić information content (AvgIpc) is 2.34. The number of hydrogen-bond acceptors (Lipinski definition) is 7. The highest BCUT2D eigenvalue weighted by Gasteiger charge is 2.13. The van der Waals surface area contributed by atoms with Crippen molar-refractivity contribution in [3.05, 3.63) is 0 Å². The molecule has 0 bridgehead atoms. The summed E-state index contributed by atoms with van der Waals surface area (Å²) in [6, 6.07) is 1.96. The van der Waals surface area contributed by atoms with E-state index < -0.39 is 6.09 Å². The van der Waals surface area contributed by atoms with Gasteiger partial charge in [0.05, 0.1) is 12.5 Å². The van der Waals surface area contributed by atoms with Crippen LogP contribution in [0.15, 0.2) is 5.16 Å². The smallest absolute Gasteiger partial charge is 0.308 e. The SMILES string of the molecule is CN(CCC#N)C(=O)ON=C1SCSCS1. The molecule has 0 aromatic heterocycles. The van der Waals surface area contributed by atoms with Crippen molar-refractivity contribution in [2.75, 3.05) is 23.8 Å². The van der Waals surface area contributed by atoms with E-state index in [1.165, 1.54) is 4.90 Å². The molecule has 8 heteroatoms. The minimum absolute atomic E-state index is 0.294. The van der Waals surface area contributed by atoms with Gasteiger partial charge in [0.15, 0.2) is 4.38 Å². The molecule has 16 heavy (non-hydrogen) atoms. The Hall–Kier alpha value is -0.520. The van der Waals surface area contributed by atoms with Gasteiger partial charge in [0, 0.05) is 23.8 Å². The topological polar surface area (TPSA) is 65.7 Å². The zero-order chi connectivity index (χ0) is 11.8. The Morgan fingerprint density at radius 2 is 2.31 bits per heavy atom. The van der Waals surface area contributed by atoms with Crippen LogP contribution in [-0.2, 0) is 4.84 Å². The Balaban J connectivity index is 2.30. The monoisotopic (exact) mass is 277 g/mol. The number of oxime groups is 1. The molecule has 0 N–H and O–H groups in total. The second-order valence-corrected chi connectivity index (χ2v) is 6.68. The summed E-state index contributed by atoms with van der Waals surface area (Å²) in [5.41, 5.74) is 0. The lowest BCUT2D eigenvalue weighted by atomic mass is 10.4. The zero-order valence-corrected chi connectivity index (χ0v) is 11.2. The normalized spacial score (nSPS) is 15.1. The molecule has 88 valence electrons. The van der Waals surface area contributed by atoms with Crippen LogP contribution in [0.5, 0.6) is 0 Å². The Morgan fingerprint density at radius 1 is 1.62 bits per heavy atom. The molecule has 0 saturated carbocycles. The summed E-state index contributed by atoms with van der Waals surface area (Å²) >= 11 is 4.93. The van der Waals surface area contributed by atoms with Gasteiger partial charge in [0.1, 0.15) is 0 Å². The third-order valence-corrected chi connectivity index (χ3v) is 5.23. The first-order valence-electron chi connectivity index (χ1n) is 4.44. The lowest BCUT2D eigenvalue weighted by molar-refractivity contribution is 0.116. The van der Waals surface area contributed by atoms with Gasteiger partial charge in [-0.2, -0.15) is 5.26 Å². The first-order valence-corrected chi connectivity index (χ1v) is 7.57. The highest BCUT2D eigenvalue weighted by Crippen LogP contribution is 2.31. The largest absolute Gasteiger partial charge is 0.435 e. The number of hydrogen-bond donors (Lipinski definition) is 0. The van der Waals surface area contributed by atoms with Crippen LogP contribution in [-0.4, -0.2) is 39.1 Å². The summed E-state index contributed by atoms with van der Waals surface area (Å²) in [6.45, 7) is 0.357. The van der Waals surface area contributed by atoms with E-state index in [0.29, 0.717) is 13.0 Å². The number of carbonyl (C=O) groups is 1. The van der Waals surface area contributed by atoms with Gasteiger partial charge in [0.2, 0.25) is 0 Å². The molecule has 0 aromatic rings. The summed E-state index contributed by atoms with van der Waals surface area (Å²) < 4.78 is 0.779. The fourth-order valence-electron chi connectivity index (χ4n) is 0.768. The zero-order valence-electron chi connectivity index (χ0n) is 8.71. The summed E-state index contributed by atoms with van der Waals surface area (Å²) in [5.74, 6) is 0. The van der Waals surface area contributed by atoms with Gasteiger partial charge in [-0.05, 0) is 0 Å². The molecule has 0 unspecified atom stereocenters. The molecule has 1 saturated heterocycles. The van der Waals surface area contributed by atoms with Crippen molar-refractivity contribution >= 4 is 45.8 Å². The third-order valence-electron chi connectivity index (χ3n) is 1.60. The van der Waals surface area contributed by atoms with E-state index in [1.54, 1.807) is 30.6 Å². The predicted octanol–water partition coefficient (Wildman–Crippen LogP) is 2.37. The molecule has 0 atom stereocenters. The summed E-state index contributed by atoms with van der Waals surface area (Å²) in [4.78, 5) is 17.4. The number of rotatable bonds is 3. The minimum atomic E-state index is -0.526. The molecule has 1 heterocycles. The van der Waals surface area contributed by atoms with Gasteiger partial charge in [-0.25, -0.2) is 4.79 Å². The molecule has 1 amide bonds. The Labute approximate surface area is 107 Å². The maximum Gasteiger partial charge on any atom is 0.435 e. The van der Waals surface area contributed by atoms with E-state index in [4.69, 9.17) is 10.1 Å². The van der Waals surface area contributed by atoms with Crippen LogP contribution in [0.3, 0.4) is 0 Å². The third kappa shape index (κ3) is 5.01. The van der Waals surface area contributed by atoms with E-state index in [1.807, 2.05) is 17.8 Å². The van der Waals surface area contributed by atoms with Crippen molar-refractivity contribution in [3.63, 3.8) is 0 Å². The second kappa shape index (κ2) is 7.70. The Bertz CT molecular complexity index is 308. The minimum Gasteiger partial charge on any atom is -0.308 e. The van der Waals surface area contributed by atoms with E-state index in [2.05, 4.69) is 5.16 Å². The number of nitrogens with zero attached hydrogens (tertiary/aromatic N) is 3. The Morgan fingerprint density at radius 3 is 2.94 bits per heavy atom. The summed E-state index contributed by atoms with van der Waals surface area (Å²) in [5, 5.41) is 14.0. The van der Waals surface area contributed by atoms with Crippen LogP contribution in [0.25, 0.3) is 0 Å². The lowest BCUT2D eigenvalue weighted by Gasteiger charge is -2.13. The highest BCUT2D eigenvalue weighted by atomic mass is 32.3. The first-order chi connectivity index (χ1) is 7.74. The number of carbonyl (C=O) groups excluding carboxylic acids is 1. The summed E-state index contributed by atoms with van der Waals surface area (Å²) in [7, 11) is 1.58. The van der Waals surface area contributed by atoms with Crippen LogP contribution >= 0.6 is 35.3 Å². The van der Waals surface area contributed by atoms with Gasteiger partial charge < -0.3 is 4.90 Å². The van der Waals surface area contributed by atoms with Crippen molar-refractivity contribution < 1.29 is 9.63 Å². The lowest BCUT2D eigenvalue weighted by Crippen LogP contribution is -2.27. The molecular formula is C8H11N3O2S3. The molecule has 0 radical (unpaired) electrons. The Kier molecular flexibility index (Phi) is 6.52. The van der Waals surface area contributed by atoms with Crippen LogP contribution in [0.2, 0.25) is 0 Å². The maximum absolute atomic E-state index is 11.4. The van der Waals surface area contributed by atoms with E-state index in [9.17, 15) is 4.79 Å². The predicted molar refractivity (Wildman–Crippen MR) is 69.3 cm³/mol. The van der Waals surface area contributed by atoms with Gasteiger partial charge in [0.25, 0.3) is 0 Å². The van der Waals surface area contributed by atoms with Gasteiger partial charge in [-0.3, -0.25) is 4.84 Å². The van der Waals surface area contributed by atoms with Crippen molar-refractivity contribution in [2.45, 2.75) is 6.42 Å². The second-order valence-electron chi connectivity index (χ2n) is 2.77. The van der Waals surface area contributed by atoms with Crippen molar-refractivity contribution in [2.24, 2.45) is 5.16 Å². The van der Waals surface area contributed by atoms with E-state index >= 15 is 0 Å². The molecule has 0 spiro atoms. The fourth-order valence-corrected chi connectivity index (χ4v) is 4.50. The first kappa shape index (κ1) is 13.5. The van der Waals surface area contributed by atoms with Gasteiger partial charge >= 0.3 is 6.09 Å². The molecule has 1 aliphatic rings. The van der Waals surface area contributed by atoms with Crippen LogP contribution < -0.4 is 0 Å². The molecule has 1 fully saturated rings. The summed E-state index contributed by atoms with van der Waals surface area (Å²) in [6.07, 6.45) is -0.232. The fraction of sp³-hybridized carbons (Fsp3) is 0.625. The number of amides is 1. The van der Waals surface area contributed by atoms with Gasteiger partial charge in [-0.15, -0.1) is 11.8 Å². The molecule has 0 aromatic carbocycles. The van der Waals surface area contributed by atoms with Crippen LogP contribution in [0.1, 0.15) is 6.42 Å². The highest BCUT2D eigenvalue weighted by molar-refractivity contribution is 8.48.